The third-order valence-corrected chi connectivity index (χ3v) is 4.80. The maximum atomic E-state index is 10.1. The molecule has 2 N–H and O–H groups in total. The van der Waals surface area contributed by atoms with E-state index in [4.69, 9.17) is 0 Å². The predicted octanol–water partition coefficient (Wildman–Crippen LogP) is 1.23. The quantitative estimate of drug-likeness (QED) is 0.662. The molecule has 2 unspecified atom stereocenters. The van der Waals surface area contributed by atoms with Gasteiger partial charge in [0.2, 0.25) is 0 Å². The van der Waals surface area contributed by atoms with Crippen LogP contribution in [0.4, 0.5) is 0 Å². The molecule has 3 nitrogen and oxygen atoms in total. The van der Waals surface area contributed by atoms with Crippen molar-refractivity contribution in [3.8, 4) is 0 Å². The van der Waals surface area contributed by atoms with Gasteiger partial charge in [0.15, 0.2) is 0 Å². The van der Waals surface area contributed by atoms with E-state index in [-0.39, 0.29) is 5.54 Å². The number of nitrogens with one attached hydrogen (secondary N) is 1. The highest BCUT2D eigenvalue weighted by Gasteiger charge is 2.56. The van der Waals surface area contributed by atoms with E-state index >= 15 is 0 Å². The summed E-state index contributed by atoms with van der Waals surface area (Å²) < 4.78 is 0. The molecule has 0 aromatic rings. The van der Waals surface area contributed by atoms with Gasteiger partial charge < -0.3 is 10.5 Å². The summed E-state index contributed by atoms with van der Waals surface area (Å²) in [4.78, 5) is 0. The summed E-state index contributed by atoms with van der Waals surface area (Å²) in [5.74, 6) is 1.59. The molecule has 4 rings (SSSR count). The van der Waals surface area contributed by atoms with Crippen molar-refractivity contribution in [3.63, 3.8) is 0 Å². The minimum Gasteiger partial charge on any atom is -0.316 e. The average molecular weight is 196 g/mol. The molecule has 4 bridgehead atoms. The van der Waals surface area contributed by atoms with Gasteiger partial charge in [-0.15, -0.1) is 0 Å². The van der Waals surface area contributed by atoms with Crippen molar-refractivity contribution in [1.29, 1.82) is 0 Å². The SMILES string of the molecule is CNC1C2CC3CC1CC(C)(C2)N3O. The normalized spacial score (nSPS) is 56.8. The first kappa shape index (κ1) is 9.13. The fourth-order valence-corrected chi connectivity index (χ4v) is 4.41. The van der Waals surface area contributed by atoms with Gasteiger partial charge in [0.1, 0.15) is 0 Å². The summed E-state index contributed by atoms with van der Waals surface area (Å²) in [6, 6.07) is 1.16. The number of hydroxylamine groups is 2. The van der Waals surface area contributed by atoms with Crippen LogP contribution >= 0.6 is 0 Å². The zero-order valence-electron chi connectivity index (χ0n) is 9.03. The Hall–Kier alpha value is -0.120. The second-order valence-corrected chi connectivity index (χ2v) is 5.71. The van der Waals surface area contributed by atoms with Crippen LogP contribution in [0.15, 0.2) is 0 Å². The Morgan fingerprint density at radius 1 is 1.29 bits per heavy atom. The fourth-order valence-electron chi connectivity index (χ4n) is 4.41. The lowest BCUT2D eigenvalue weighted by Crippen LogP contribution is -2.69. The molecule has 80 valence electrons. The lowest BCUT2D eigenvalue weighted by Gasteiger charge is -2.62. The zero-order valence-corrected chi connectivity index (χ0v) is 9.03. The molecular weight excluding hydrogens is 176 g/mol. The van der Waals surface area contributed by atoms with Gasteiger partial charge in [0, 0.05) is 17.6 Å². The first-order valence-electron chi connectivity index (χ1n) is 5.79. The minimum atomic E-state index is 0.0872. The number of rotatable bonds is 1. The third kappa shape index (κ3) is 0.980. The Morgan fingerprint density at radius 2 is 1.86 bits per heavy atom. The second-order valence-electron chi connectivity index (χ2n) is 5.71. The highest BCUT2D eigenvalue weighted by molar-refractivity contribution is 5.10. The van der Waals surface area contributed by atoms with E-state index in [1.807, 2.05) is 0 Å². The fraction of sp³-hybridized carbons (Fsp3) is 1.00. The van der Waals surface area contributed by atoms with E-state index in [1.165, 1.54) is 25.7 Å². The first-order valence-corrected chi connectivity index (χ1v) is 5.79. The van der Waals surface area contributed by atoms with E-state index in [1.54, 1.807) is 5.06 Å². The molecule has 0 radical (unpaired) electrons. The molecule has 2 saturated heterocycles. The largest absolute Gasteiger partial charge is 0.316 e. The Balaban J connectivity index is 1.92. The van der Waals surface area contributed by atoms with Crippen molar-refractivity contribution < 1.29 is 5.21 Å². The molecule has 2 saturated carbocycles. The van der Waals surface area contributed by atoms with Gasteiger partial charge in [-0.1, -0.05) is 0 Å². The van der Waals surface area contributed by atoms with Crippen LogP contribution in [-0.2, 0) is 0 Å². The second kappa shape index (κ2) is 2.71. The van der Waals surface area contributed by atoms with Crippen molar-refractivity contribution in [3.05, 3.63) is 0 Å². The smallest absolute Gasteiger partial charge is 0.0442 e. The summed E-state index contributed by atoms with van der Waals surface area (Å²) >= 11 is 0. The molecule has 2 aliphatic heterocycles. The molecule has 0 amide bonds. The molecule has 2 heterocycles. The van der Waals surface area contributed by atoms with E-state index in [0.717, 1.165) is 11.8 Å². The van der Waals surface area contributed by atoms with E-state index in [0.29, 0.717) is 12.1 Å². The van der Waals surface area contributed by atoms with Crippen LogP contribution in [0.25, 0.3) is 0 Å². The first-order chi connectivity index (χ1) is 6.64. The summed E-state index contributed by atoms with van der Waals surface area (Å²) in [6.45, 7) is 2.23. The summed E-state index contributed by atoms with van der Waals surface area (Å²) in [7, 11) is 2.09. The van der Waals surface area contributed by atoms with Crippen LogP contribution in [0.1, 0.15) is 32.6 Å². The zero-order chi connectivity index (χ0) is 9.92. The molecule has 2 aliphatic carbocycles. The van der Waals surface area contributed by atoms with Crippen LogP contribution in [0.3, 0.4) is 0 Å². The third-order valence-electron chi connectivity index (χ3n) is 4.80. The van der Waals surface area contributed by atoms with Crippen LogP contribution in [0, 0.1) is 11.8 Å². The van der Waals surface area contributed by atoms with Crippen LogP contribution in [0.5, 0.6) is 0 Å². The maximum Gasteiger partial charge on any atom is 0.0442 e. The number of hydrogen-bond acceptors (Lipinski definition) is 3. The Labute approximate surface area is 85.4 Å². The highest BCUT2D eigenvalue weighted by Crippen LogP contribution is 2.53. The van der Waals surface area contributed by atoms with Gasteiger partial charge >= 0.3 is 0 Å². The molecule has 14 heavy (non-hydrogen) atoms. The minimum absolute atomic E-state index is 0.0872. The lowest BCUT2D eigenvalue weighted by atomic mass is 9.57. The molecule has 0 aromatic carbocycles. The summed E-state index contributed by atoms with van der Waals surface area (Å²) in [5.41, 5.74) is 0.0872. The van der Waals surface area contributed by atoms with Gasteiger partial charge in [0.25, 0.3) is 0 Å². The molecule has 3 heteroatoms. The van der Waals surface area contributed by atoms with E-state index in [2.05, 4.69) is 19.3 Å². The molecule has 0 aromatic heterocycles. The van der Waals surface area contributed by atoms with Gasteiger partial charge in [-0.3, -0.25) is 0 Å². The van der Waals surface area contributed by atoms with Gasteiger partial charge in [-0.25, -0.2) is 0 Å². The topological polar surface area (TPSA) is 35.5 Å². The average Bonchev–Trinajstić information content (AvgIpc) is 2.12. The number of nitrogens with zero attached hydrogens (tertiary/aromatic N) is 1. The number of hydrogen-bond donors (Lipinski definition) is 2. The molecule has 2 atom stereocenters. The molecule has 4 aliphatic rings. The predicted molar refractivity (Wildman–Crippen MR) is 54.1 cm³/mol. The van der Waals surface area contributed by atoms with Crippen molar-refractivity contribution >= 4 is 0 Å². The monoisotopic (exact) mass is 196 g/mol. The standard InChI is InChI=1S/C11H20N2O/c1-11-5-7-3-9(13(11)14)4-8(6-11)10(7)12-2/h7-10,12,14H,3-6H2,1-2H3. The summed E-state index contributed by atoms with van der Waals surface area (Å²) in [5, 5.41) is 15.2. The Morgan fingerprint density at radius 3 is 2.29 bits per heavy atom. The van der Waals surface area contributed by atoms with E-state index < -0.39 is 0 Å². The maximum absolute atomic E-state index is 10.1. The summed E-state index contributed by atoms with van der Waals surface area (Å²) in [6.07, 6.45) is 4.71. The lowest BCUT2D eigenvalue weighted by molar-refractivity contribution is -0.274. The van der Waals surface area contributed by atoms with Crippen molar-refractivity contribution in [1.82, 2.24) is 10.4 Å². The van der Waals surface area contributed by atoms with Crippen LogP contribution < -0.4 is 5.32 Å². The van der Waals surface area contributed by atoms with Crippen molar-refractivity contribution in [2.24, 2.45) is 11.8 Å². The van der Waals surface area contributed by atoms with Crippen LogP contribution in [0.2, 0.25) is 0 Å². The van der Waals surface area contributed by atoms with Crippen LogP contribution in [-0.4, -0.2) is 34.9 Å². The van der Waals surface area contributed by atoms with Crippen molar-refractivity contribution in [2.75, 3.05) is 7.05 Å². The number of piperidine rings is 2. The van der Waals surface area contributed by atoms with E-state index in [9.17, 15) is 5.21 Å². The Kier molecular flexibility index (Phi) is 1.77. The molecule has 0 spiro atoms. The van der Waals surface area contributed by atoms with Gasteiger partial charge in [0.05, 0.1) is 0 Å². The highest BCUT2D eigenvalue weighted by atomic mass is 16.5. The van der Waals surface area contributed by atoms with Crippen molar-refractivity contribution in [2.45, 2.75) is 50.2 Å². The molecule has 4 fully saturated rings. The van der Waals surface area contributed by atoms with Gasteiger partial charge in [-0.2, -0.15) is 5.06 Å². The Bertz CT molecular complexity index is 240. The van der Waals surface area contributed by atoms with Gasteiger partial charge in [-0.05, 0) is 51.5 Å². The molecular formula is C11H20N2O.